The van der Waals surface area contributed by atoms with Crippen molar-refractivity contribution in [1.82, 2.24) is 9.62 Å². The van der Waals surface area contributed by atoms with Crippen LogP contribution in [-0.2, 0) is 10.0 Å². The van der Waals surface area contributed by atoms with Gasteiger partial charge in [-0.05, 0) is 26.2 Å². The molecule has 0 aromatic carbocycles. The lowest BCUT2D eigenvalue weighted by Gasteiger charge is -2.27. The van der Waals surface area contributed by atoms with E-state index in [1.807, 2.05) is 13.8 Å². The van der Waals surface area contributed by atoms with Crippen LogP contribution >= 0.6 is 0 Å². The Morgan fingerprint density at radius 1 is 1.35 bits per heavy atom. The summed E-state index contributed by atoms with van der Waals surface area (Å²) < 4.78 is 26.5. The average Bonchev–Trinajstić information content (AvgIpc) is 2.74. The standard InChI is InChI=1S/C12H26N2O2S/c1-5-12-7-6-8-14(12)17(15,16)11(4)9-13-10(2)3/h10-13H,5-9H2,1-4H3. The molecule has 1 aliphatic heterocycles. The number of hydrogen-bond acceptors (Lipinski definition) is 3. The Balaban J connectivity index is 2.66. The normalized spacial score (nSPS) is 24.4. The third-order valence-corrected chi connectivity index (χ3v) is 5.76. The molecule has 0 amide bonds. The molecule has 1 saturated heterocycles. The summed E-state index contributed by atoms with van der Waals surface area (Å²) in [6.07, 6.45) is 2.94. The largest absolute Gasteiger partial charge is 0.313 e. The van der Waals surface area contributed by atoms with Crippen LogP contribution in [0.5, 0.6) is 0 Å². The molecule has 1 N–H and O–H groups in total. The Bertz CT molecular complexity index is 327. The Morgan fingerprint density at radius 2 is 2.00 bits per heavy atom. The zero-order valence-electron chi connectivity index (χ0n) is 11.4. The highest BCUT2D eigenvalue weighted by Gasteiger charge is 2.36. The maximum Gasteiger partial charge on any atom is 0.218 e. The van der Waals surface area contributed by atoms with Crippen LogP contribution < -0.4 is 5.32 Å². The fourth-order valence-electron chi connectivity index (χ4n) is 2.29. The predicted molar refractivity (Wildman–Crippen MR) is 71.5 cm³/mol. The molecule has 0 spiro atoms. The molecule has 0 aromatic rings. The first-order valence-corrected chi connectivity index (χ1v) is 8.14. The van der Waals surface area contributed by atoms with Crippen molar-refractivity contribution in [2.45, 2.75) is 64.3 Å². The zero-order valence-corrected chi connectivity index (χ0v) is 12.3. The van der Waals surface area contributed by atoms with Gasteiger partial charge < -0.3 is 5.32 Å². The Hall–Kier alpha value is -0.130. The molecule has 0 aromatic heterocycles. The van der Waals surface area contributed by atoms with Gasteiger partial charge in [-0.1, -0.05) is 20.8 Å². The van der Waals surface area contributed by atoms with Crippen LogP contribution in [0.1, 0.15) is 47.0 Å². The summed E-state index contributed by atoms with van der Waals surface area (Å²) in [6, 6.07) is 0.551. The highest BCUT2D eigenvalue weighted by Crippen LogP contribution is 2.25. The van der Waals surface area contributed by atoms with Gasteiger partial charge in [0.15, 0.2) is 0 Å². The number of nitrogens with one attached hydrogen (secondary N) is 1. The fourth-order valence-corrected chi connectivity index (χ4v) is 4.11. The van der Waals surface area contributed by atoms with E-state index in [4.69, 9.17) is 0 Å². The predicted octanol–water partition coefficient (Wildman–Crippen LogP) is 1.58. The minimum Gasteiger partial charge on any atom is -0.313 e. The van der Waals surface area contributed by atoms with Crippen molar-refractivity contribution in [2.75, 3.05) is 13.1 Å². The molecule has 0 bridgehead atoms. The van der Waals surface area contributed by atoms with Crippen molar-refractivity contribution >= 4 is 10.0 Å². The van der Waals surface area contributed by atoms with Gasteiger partial charge in [-0.2, -0.15) is 4.31 Å². The molecule has 2 atom stereocenters. The molecule has 4 nitrogen and oxygen atoms in total. The molecule has 17 heavy (non-hydrogen) atoms. The molecule has 1 fully saturated rings. The second kappa shape index (κ2) is 6.16. The molecule has 0 aliphatic carbocycles. The first kappa shape index (κ1) is 14.9. The van der Waals surface area contributed by atoms with Crippen LogP contribution in [0.3, 0.4) is 0 Å². The summed E-state index contributed by atoms with van der Waals surface area (Å²) in [7, 11) is -3.12. The minimum absolute atomic E-state index is 0.224. The topological polar surface area (TPSA) is 49.4 Å². The van der Waals surface area contributed by atoms with E-state index in [0.717, 1.165) is 19.3 Å². The van der Waals surface area contributed by atoms with Crippen molar-refractivity contribution in [3.63, 3.8) is 0 Å². The van der Waals surface area contributed by atoms with E-state index in [1.165, 1.54) is 0 Å². The van der Waals surface area contributed by atoms with E-state index in [9.17, 15) is 8.42 Å². The maximum atomic E-state index is 12.4. The fraction of sp³-hybridized carbons (Fsp3) is 1.00. The highest BCUT2D eigenvalue weighted by molar-refractivity contribution is 7.89. The van der Waals surface area contributed by atoms with Crippen molar-refractivity contribution in [3.05, 3.63) is 0 Å². The summed E-state index contributed by atoms with van der Waals surface area (Å²) in [5, 5.41) is 2.87. The summed E-state index contributed by atoms with van der Waals surface area (Å²) >= 11 is 0. The third-order valence-electron chi connectivity index (χ3n) is 3.44. The number of sulfonamides is 1. The van der Waals surface area contributed by atoms with Crippen LogP contribution in [0.2, 0.25) is 0 Å². The lowest BCUT2D eigenvalue weighted by Crippen LogP contribution is -2.45. The summed E-state index contributed by atoms with van der Waals surface area (Å²) in [5.74, 6) is 0. The Kier molecular flexibility index (Phi) is 5.41. The van der Waals surface area contributed by atoms with Crippen molar-refractivity contribution in [2.24, 2.45) is 0 Å². The van der Waals surface area contributed by atoms with E-state index in [0.29, 0.717) is 19.1 Å². The van der Waals surface area contributed by atoms with Gasteiger partial charge in [0.2, 0.25) is 10.0 Å². The van der Waals surface area contributed by atoms with Crippen molar-refractivity contribution in [1.29, 1.82) is 0 Å². The van der Waals surface area contributed by atoms with E-state index in [-0.39, 0.29) is 11.3 Å². The molecular weight excluding hydrogens is 236 g/mol. The number of nitrogens with zero attached hydrogens (tertiary/aromatic N) is 1. The summed E-state index contributed by atoms with van der Waals surface area (Å²) in [5.41, 5.74) is 0. The first-order valence-electron chi connectivity index (χ1n) is 6.63. The second-order valence-corrected chi connectivity index (χ2v) is 7.54. The quantitative estimate of drug-likeness (QED) is 0.790. The Labute approximate surface area is 106 Å². The smallest absolute Gasteiger partial charge is 0.218 e. The van der Waals surface area contributed by atoms with Gasteiger partial charge in [0.05, 0.1) is 5.25 Å². The van der Waals surface area contributed by atoms with Crippen LogP contribution in [0.25, 0.3) is 0 Å². The lowest BCUT2D eigenvalue weighted by atomic mass is 10.2. The molecule has 0 saturated carbocycles. The zero-order chi connectivity index (χ0) is 13.1. The number of rotatable bonds is 6. The minimum atomic E-state index is -3.12. The molecule has 2 unspecified atom stereocenters. The third kappa shape index (κ3) is 3.66. The van der Waals surface area contributed by atoms with Gasteiger partial charge in [-0.25, -0.2) is 8.42 Å². The Morgan fingerprint density at radius 3 is 2.53 bits per heavy atom. The van der Waals surface area contributed by atoms with Gasteiger partial charge >= 0.3 is 0 Å². The number of hydrogen-bond donors (Lipinski definition) is 1. The molecule has 102 valence electrons. The van der Waals surface area contributed by atoms with Gasteiger partial charge in [-0.15, -0.1) is 0 Å². The summed E-state index contributed by atoms with van der Waals surface area (Å²) in [6.45, 7) is 9.17. The van der Waals surface area contributed by atoms with E-state index >= 15 is 0 Å². The molecule has 1 heterocycles. The monoisotopic (exact) mass is 262 g/mol. The van der Waals surface area contributed by atoms with Gasteiger partial charge in [-0.3, -0.25) is 0 Å². The van der Waals surface area contributed by atoms with Crippen LogP contribution in [0.4, 0.5) is 0 Å². The first-order chi connectivity index (χ1) is 7.89. The van der Waals surface area contributed by atoms with E-state index in [2.05, 4.69) is 12.2 Å². The molecule has 0 radical (unpaired) electrons. The summed E-state index contributed by atoms with van der Waals surface area (Å²) in [4.78, 5) is 0. The molecule has 1 rings (SSSR count). The van der Waals surface area contributed by atoms with Crippen LogP contribution in [0.15, 0.2) is 0 Å². The van der Waals surface area contributed by atoms with Crippen LogP contribution in [-0.4, -0.2) is 43.1 Å². The SMILES string of the molecule is CCC1CCCN1S(=O)(=O)C(C)CNC(C)C. The maximum absolute atomic E-state index is 12.4. The lowest BCUT2D eigenvalue weighted by molar-refractivity contribution is 0.372. The molecule has 5 heteroatoms. The van der Waals surface area contributed by atoms with Crippen molar-refractivity contribution in [3.8, 4) is 0 Å². The van der Waals surface area contributed by atoms with Gasteiger partial charge in [0, 0.05) is 25.2 Å². The second-order valence-electron chi connectivity index (χ2n) is 5.23. The molecule has 1 aliphatic rings. The van der Waals surface area contributed by atoms with E-state index < -0.39 is 10.0 Å². The van der Waals surface area contributed by atoms with Crippen molar-refractivity contribution < 1.29 is 8.42 Å². The van der Waals surface area contributed by atoms with E-state index in [1.54, 1.807) is 11.2 Å². The average molecular weight is 262 g/mol. The van der Waals surface area contributed by atoms with Gasteiger partial charge in [0.1, 0.15) is 0 Å². The highest BCUT2D eigenvalue weighted by atomic mass is 32.2. The van der Waals surface area contributed by atoms with Crippen LogP contribution in [0, 0.1) is 0 Å². The molecular formula is C12H26N2O2S. The van der Waals surface area contributed by atoms with Gasteiger partial charge in [0.25, 0.3) is 0 Å².